The van der Waals surface area contributed by atoms with Crippen molar-refractivity contribution in [3.8, 4) is 0 Å². The number of nitrogens with two attached hydrogens (primary N) is 1. The molecule has 0 atom stereocenters. The second kappa shape index (κ2) is 4.86. The zero-order chi connectivity index (χ0) is 10.4. The highest BCUT2D eigenvalue weighted by atomic mass is 16.7. The summed E-state index contributed by atoms with van der Waals surface area (Å²) in [5.74, 6) is -0.563. The molecule has 5 heteroatoms. The molecule has 1 aromatic rings. The van der Waals surface area contributed by atoms with Crippen molar-refractivity contribution >= 4 is 12.1 Å². The monoisotopic (exact) mass is 195 g/mol. The first-order valence-corrected chi connectivity index (χ1v) is 3.84. The Balaban J connectivity index is 2.40. The number of hydrogen-bond donors (Lipinski definition) is 1. The van der Waals surface area contributed by atoms with Gasteiger partial charge in [-0.3, -0.25) is 0 Å². The summed E-state index contributed by atoms with van der Waals surface area (Å²) >= 11 is 0. The second-order valence-electron chi connectivity index (χ2n) is 2.38. The third kappa shape index (κ3) is 3.14. The highest BCUT2D eigenvalue weighted by Gasteiger charge is 2.05. The molecule has 0 heterocycles. The molecule has 0 unspecified atom stereocenters. The molecule has 0 saturated heterocycles. The van der Waals surface area contributed by atoms with Crippen molar-refractivity contribution in [1.82, 2.24) is 0 Å². The van der Waals surface area contributed by atoms with Crippen molar-refractivity contribution in [2.24, 2.45) is 5.73 Å². The van der Waals surface area contributed by atoms with Crippen LogP contribution in [0.2, 0.25) is 0 Å². The van der Waals surface area contributed by atoms with Gasteiger partial charge in [0.25, 0.3) is 0 Å². The maximum atomic E-state index is 11.2. The molecule has 0 aromatic heterocycles. The Hall–Kier alpha value is -2.04. The Bertz CT molecular complexity index is 323. The van der Waals surface area contributed by atoms with Crippen molar-refractivity contribution in [3.05, 3.63) is 35.9 Å². The lowest BCUT2D eigenvalue weighted by Gasteiger charge is -2.03. The smallest absolute Gasteiger partial charge is 0.407 e. The summed E-state index contributed by atoms with van der Waals surface area (Å²) in [4.78, 5) is 21.3. The molecular weight excluding hydrogens is 186 g/mol. The van der Waals surface area contributed by atoms with Gasteiger partial charge in [-0.15, -0.1) is 0 Å². The van der Waals surface area contributed by atoms with Crippen molar-refractivity contribution < 1.29 is 19.1 Å². The molecule has 1 aromatic carbocycles. The number of hydrogen-bond acceptors (Lipinski definition) is 4. The van der Waals surface area contributed by atoms with Crippen LogP contribution in [-0.2, 0) is 9.47 Å². The zero-order valence-corrected chi connectivity index (χ0v) is 7.30. The lowest BCUT2D eigenvalue weighted by atomic mass is 10.2. The molecule has 0 bridgehead atoms. The van der Waals surface area contributed by atoms with Crippen molar-refractivity contribution in [2.75, 3.05) is 6.79 Å². The van der Waals surface area contributed by atoms with Crippen LogP contribution in [0.15, 0.2) is 30.3 Å². The van der Waals surface area contributed by atoms with E-state index in [9.17, 15) is 9.59 Å². The average molecular weight is 195 g/mol. The Morgan fingerprint density at radius 2 is 1.79 bits per heavy atom. The number of primary amides is 1. The van der Waals surface area contributed by atoms with E-state index in [1.54, 1.807) is 30.3 Å². The minimum Gasteiger partial charge on any atom is -0.424 e. The number of esters is 1. The largest absolute Gasteiger partial charge is 0.424 e. The summed E-state index contributed by atoms with van der Waals surface area (Å²) in [5.41, 5.74) is 5.05. The zero-order valence-electron chi connectivity index (χ0n) is 7.30. The Labute approximate surface area is 80.4 Å². The SMILES string of the molecule is NC(=O)OCOC(=O)c1ccccc1. The molecule has 74 valence electrons. The van der Waals surface area contributed by atoms with Gasteiger partial charge in [0.05, 0.1) is 5.56 Å². The van der Waals surface area contributed by atoms with E-state index in [0.29, 0.717) is 5.56 Å². The van der Waals surface area contributed by atoms with Gasteiger partial charge in [0.2, 0.25) is 6.79 Å². The van der Waals surface area contributed by atoms with Crippen LogP contribution in [0.5, 0.6) is 0 Å². The Morgan fingerprint density at radius 1 is 1.14 bits per heavy atom. The summed E-state index contributed by atoms with van der Waals surface area (Å²) in [6, 6.07) is 8.35. The number of rotatable bonds is 3. The predicted molar refractivity (Wildman–Crippen MR) is 47.4 cm³/mol. The molecule has 1 rings (SSSR count). The fourth-order valence-electron chi connectivity index (χ4n) is 0.799. The van der Waals surface area contributed by atoms with Gasteiger partial charge < -0.3 is 15.2 Å². The van der Waals surface area contributed by atoms with Crippen LogP contribution in [-0.4, -0.2) is 18.9 Å². The molecule has 1 amide bonds. The summed E-state index contributed by atoms with van der Waals surface area (Å²) in [6.07, 6.45) is -0.981. The first-order chi connectivity index (χ1) is 6.70. The molecule has 0 aliphatic carbocycles. The maximum Gasteiger partial charge on any atom is 0.407 e. The van der Waals surface area contributed by atoms with Gasteiger partial charge in [0.15, 0.2) is 0 Å². The maximum absolute atomic E-state index is 11.2. The third-order valence-electron chi connectivity index (χ3n) is 1.40. The van der Waals surface area contributed by atoms with Crippen LogP contribution in [0.25, 0.3) is 0 Å². The number of carbonyl (C=O) groups is 2. The molecule has 0 aliphatic heterocycles. The van der Waals surface area contributed by atoms with Gasteiger partial charge in [-0.05, 0) is 12.1 Å². The van der Waals surface area contributed by atoms with Crippen LogP contribution in [0.4, 0.5) is 4.79 Å². The van der Waals surface area contributed by atoms with Gasteiger partial charge in [-0.25, -0.2) is 9.59 Å². The summed E-state index contributed by atoms with van der Waals surface area (Å²) in [7, 11) is 0. The lowest BCUT2D eigenvalue weighted by molar-refractivity contribution is 0.00000355. The first kappa shape index (κ1) is 10.0. The quantitative estimate of drug-likeness (QED) is 0.574. The summed E-state index contributed by atoms with van der Waals surface area (Å²) in [6.45, 7) is -0.469. The first-order valence-electron chi connectivity index (χ1n) is 3.84. The van der Waals surface area contributed by atoms with Crippen molar-refractivity contribution in [2.45, 2.75) is 0 Å². The second-order valence-corrected chi connectivity index (χ2v) is 2.38. The van der Waals surface area contributed by atoms with Gasteiger partial charge in [-0.2, -0.15) is 0 Å². The third-order valence-corrected chi connectivity index (χ3v) is 1.40. The molecule has 14 heavy (non-hydrogen) atoms. The normalized spacial score (nSPS) is 9.14. The summed E-state index contributed by atoms with van der Waals surface area (Å²) < 4.78 is 8.81. The van der Waals surface area contributed by atoms with Gasteiger partial charge >= 0.3 is 12.1 Å². The van der Waals surface area contributed by atoms with E-state index in [1.807, 2.05) is 0 Å². The number of carbonyl (C=O) groups excluding carboxylic acids is 2. The number of benzene rings is 1. The standard InChI is InChI=1S/C9H9NO4/c10-9(12)14-6-13-8(11)7-4-2-1-3-5-7/h1-5H,6H2,(H2,10,12). The van der Waals surface area contributed by atoms with Gasteiger partial charge in [0.1, 0.15) is 0 Å². The minimum atomic E-state index is -0.981. The molecule has 2 N–H and O–H groups in total. The van der Waals surface area contributed by atoms with E-state index < -0.39 is 18.9 Å². The predicted octanol–water partition coefficient (Wildman–Crippen LogP) is 0.896. The van der Waals surface area contributed by atoms with Crippen LogP contribution in [0.1, 0.15) is 10.4 Å². The lowest BCUT2D eigenvalue weighted by Crippen LogP contribution is -2.17. The van der Waals surface area contributed by atoms with Gasteiger partial charge in [-0.1, -0.05) is 18.2 Å². The number of amides is 1. The van der Waals surface area contributed by atoms with E-state index in [1.165, 1.54) is 0 Å². The van der Waals surface area contributed by atoms with E-state index >= 15 is 0 Å². The average Bonchev–Trinajstić information content (AvgIpc) is 2.18. The molecule has 0 fully saturated rings. The molecule has 0 saturated carbocycles. The summed E-state index contributed by atoms with van der Waals surface area (Å²) in [5, 5.41) is 0. The fourth-order valence-corrected chi connectivity index (χ4v) is 0.799. The molecule has 0 radical (unpaired) electrons. The van der Waals surface area contributed by atoms with Gasteiger partial charge in [0, 0.05) is 0 Å². The molecule has 5 nitrogen and oxygen atoms in total. The fraction of sp³-hybridized carbons (Fsp3) is 0.111. The van der Waals surface area contributed by atoms with Crippen molar-refractivity contribution in [3.63, 3.8) is 0 Å². The van der Waals surface area contributed by atoms with Crippen LogP contribution in [0, 0.1) is 0 Å². The van der Waals surface area contributed by atoms with E-state index in [0.717, 1.165) is 0 Å². The van der Waals surface area contributed by atoms with E-state index in [4.69, 9.17) is 0 Å². The topological polar surface area (TPSA) is 78.6 Å². The minimum absolute atomic E-state index is 0.389. The highest BCUT2D eigenvalue weighted by molar-refractivity contribution is 5.89. The van der Waals surface area contributed by atoms with E-state index in [2.05, 4.69) is 15.2 Å². The van der Waals surface area contributed by atoms with Crippen LogP contribution < -0.4 is 5.73 Å². The van der Waals surface area contributed by atoms with E-state index in [-0.39, 0.29) is 0 Å². The Kier molecular flexibility index (Phi) is 3.49. The molecule has 0 spiro atoms. The van der Waals surface area contributed by atoms with Crippen molar-refractivity contribution in [1.29, 1.82) is 0 Å². The highest BCUT2D eigenvalue weighted by Crippen LogP contribution is 2.00. The molecule has 0 aliphatic rings. The van der Waals surface area contributed by atoms with Crippen LogP contribution in [0.3, 0.4) is 0 Å². The number of ether oxygens (including phenoxy) is 2. The Morgan fingerprint density at radius 3 is 2.36 bits per heavy atom. The van der Waals surface area contributed by atoms with Crippen LogP contribution >= 0.6 is 0 Å². The molecular formula is C9H9NO4.